The molecule has 0 aliphatic heterocycles. The second-order valence-corrected chi connectivity index (χ2v) is 14.8. The highest BCUT2D eigenvalue weighted by atomic mass is 15.2. The molecule has 4 aromatic heterocycles. The Morgan fingerprint density at radius 1 is 0.267 bits per heavy atom. The van der Waals surface area contributed by atoms with Crippen LogP contribution in [0.15, 0.2) is 219 Å². The topological polar surface area (TPSA) is 58.0 Å². The van der Waals surface area contributed by atoms with E-state index in [2.05, 4.69) is 175 Å². The fraction of sp³-hybridized carbons (Fsp3) is 0. The lowest BCUT2D eigenvalue weighted by atomic mass is 9.84. The summed E-state index contributed by atoms with van der Waals surface area (Å²) in [5, 5.41) is 9.36. The van der Waals surface area contributed by atoms with E-state index in [1.807, 2.05) is 73.8 Å². The van der Waals surface area contributed by atoms with Gasteiger partial charge in [-0.15, -0.1) is 0 Å². The minimum absolute atomic E-state index is 0.947. The van der Waals surface area contributed by atoms with E-state index in [9.17, 15) is 0 Å². The molecule has 11 aromatic rings. The summed E-state index contributed by atoms with van der Waals surface area (Å²) in [7, 11) is 0. The Morgan fingerprint density at radius 3 is 0.983 bits per heavy atom. The van der Waals surface area contributed by atoms with Gasteiger partial charge in [-0.05, 0) is 150 Å². The van der Waals surface area contributed by atoms with Crippen LogP contribution in [0.3, 0.4) is 0 Å². The van der Waals surface area contributed by atoms with Crippen LogP contribution in [0.5, 0.6) is 0 Å². The largest absolute Gasteiger partial charge is 0.307 e. The smallest absolute Gasteiger partial charge is 0.0645 e. The molecule has 0 unspecified atom stereocenters. The van der Waals surface area contributed by atoms with Crippen LogP contribution in [-0.2, 0) is 0 Å². The minimum Gasteiger partial charge on any atom is -0.307 e. The molecule has 7 aromatic carbocycles. The molecule has 0 N–H and O–H groups in total. The zero-order chi connectivity index (χ0) is 39.8. The highest BCUT2D eigenvalue weighted by Gasteiger charge is 2.22. The molecule has 6 nitrogen and oxygen atoms in total. The summed E-state index contributed by atoms with van der Waals surface area (Å²) >= 11 is 0. The Hall–Kier alpha value is -8.22. The fourth-order valence-corrected chi connectivity index (χ4v) is 8.63. The van der Waals surface area contributed by atoms with E-state index < -0.39 is 0 Å². The van der Waals surface area contributed by atoms with Gasteiger partial charge in [0.1, 0.15) is 0 Å². The van der Waals surface area contributed by atoms with Crippen molar-refractivity contribution in [1.82, 2.24) is 19.9 Å². The standard InChI is InChI=1S/C54H36N6/c1-3-11-39-29-41(19-17-37(39)9-1)53-49-23-21-44(60(47-15-7-27-57-35-47)48-16-8-28-58-36-48)32-52(49)54(42-20-18-38-10-2-4-12-40(38)30-42)50-24-22-43(31-51(50)53)59(45-13-5-25-55-33-45)46-14-6-26-56-34-46/h1-36H. The average Bonchev–Trinajstić information content (AvgIpc) is 3.32. The number of benzene rings is 7. The van der Waals surface area contributed by atoms with Gasteiger partial charge in [0, 0.05) is 36.2 Å². The molecular formula is C54H36N6. The third-order valence-corrected chi connectivity index (χ3v) is 11.3. The molecule has 4 heterocycles. The Balaban J connectivity index is 1.27. The lowest BCUT2D eigenvalue weighted by Crippen LogP contribution is -2.11. The van der Waals surface area contributed by atoms with Gasteiger partial charge in [0.15, 0.2) is 0 Å². The van der Waals surface area contributed by atoms with E-state index in [0.717, 1.165) is 77.9 Å². The SMILES string of the molecule is c1cncc(N(c2cccnc2)c2ccc3c(-c4ccc5ccccc5c4)c4cc(N(c5cccnc5)c5cccnc5)ccc4c(-c4ccc5ccccc5c4)c3c2)c1. The summed E-state index contributed by atoms with van der Waals surface area (Å²) in [5.74, 6) is 0. The van der Waals surface area contributed by atoms with Crippen molar-refractivity contribution in [1.29, 1.82) is 0 Å². The van der Waals surface area contributed by atoms with Crippen LogP contribution in [0.25, 0.3) is 65.3 Å². The van der Waals surface area contributed by atoms with E-state index in [4.69, 9.17) is 0 Å². The van der Waals surface area contributed by atoms with Crippen molar-refractivity contribution < 1.29 is 0 Å². The molecule has 0 saturated carbocycles. The summed E-state index contributed by atoms with van der Waals surface area (Å²) in [4.78, 5) is 22.6. The predicted octanol–water partition coefficient (Wildman–Crippen LogP) is 14.2. The van der Waals surface area contributed by atoms with Crippen molar-refractivity contribution in [2.45, 2.75) is 0 Å². The number of pyridine rings is 4. The molecule has 6 heteroatoms. The van der Waals surface area contributed by atoms with Crippen LogP contribution in [0.4, 0.5) is 34.1 Å². The molecule has 282 valence electrons. The number of rotatable bonds is 8. The summed E-state index contributed by atoms with van der Waals surface area (Å²) < 4.78 is 0. The number of nitrogens with zero attached hydrogens (tertiary/aromatic N) is 6. The first kappa shape index (κ1) is 35.0. The van der Waals surface area contributed by atoms with Crippen molar-refractivity contribution >= 4 is 77.2 Å². The predicted molar refractivity (Wildman–Crippen MR) is 248 cm³/mol. The molecule has 0 radical (unpaired) electrons. The summed E-state index contributed by atoms with van der Waals surface area (Å²) in [6.45, 7) is 0. The normalized spacial score (nSPS) is 11.3. The van der Waals surface area contributed by atoms with Gasteiger partial charge in [-0.1, -0.05) is 84.9 Å². The maximum atomic E-state index is 4.52. The first-order valence-electron chi connectivity index (χ1n) is 20.0. The molecule has 0 saturated heterocycles. The maximum Gasteiger partial charge on any atom is 0.0645 e. The highest BCUT2D eigenvalue weighted by Crippen LogP contribution is 2.48. The molecular weight excluding hydrogens is 733 g/mol. The number of hydrogen-bond donors (Lipinski definition) is 0. The van der Waals surface area contributed by atoms with Crippen molar-refractivity contribution in [2.24, 2.45) is 0 Å². The lowest BCUT2D eigenvalue weighted by molar-refractivity contribution is 1.20. The van der Waals surface area contributed by atoms with Gasteiger partial charge in [-0.2, -0.15) is 0 Å². The zero-order valence-corrected chi connectivity index (χ0v) is 32.5. The van der Waals surface area contributed by atoms with Crippen molar-refractivity contribution in [3.63, 3.8) is 0 Å². The lowest BCUT2D eigenvalue weighted by Gasteiger charge is -2.27. The van der Waals surface area contributed by atoms with Crippen molar-refractivity contribution in [3.8, 4) is 22.3 Å². The quantitative estimate of drug-likeness (QED) is 0.144. The fourth-order valence-electron chi connectivity index (χ4n) is 8.63. The molecule has 0 amide bonds. The van der Waals surface area contributed by atoms with E-state index in [1.165, 1.54) is 21.5 Å². The highest BCUT2D eigenvalue weighted by molar-refractivity contribution is 6.23. The second-order valence-electron chi connectivity index (χ2n) is 14.8. The van der Waals surface area contributed by atoms with Gasteiger partial charge in [-0.3, -0.25) is 19.9 Å². The van der Waals surface area contributed by atoms with Crippen LogP contribution in [-0.4, -0.2) is 19.9 Å². The van der Waals surface area contributed by atoms with Crippen molar-refractivity contribution in [3.05, 3.63) is 219 Å². The van der Waals surface area contributed by atoms with Gasteiger partial charge >= 0.3 is 0 Å². The monoisotopic (exact) mass is 768 g/mol. The molecule has 0 atom stereocenters. The summed E-state index contributed by atoms with van der Waals surface area (Å²) in [5.41, 5.74) is 10.4. The first-order valence-corrected chi connectivity index (χ1v) is 20.0. The molecule has 0 fully saturated rings. The van der Waals surface area contributed by atoms with Gasteiger partial charge < -0.3 is 9.80 Å². The van der Waals surface area contributed by atoms with Gasteiger partial charge in [-0.25, -0.2) is 0 Å². The molecule has 0 spiro atoms. The average molecular weight is 769 g/mol. The van der Waals surface area contributed by atoms with Crippen molar-refractivity contribution in [2.75, 3.05) is 9.80 Å². The van der Waals surface area contributed by atoms with E-state index in [1.54, 1.807) is 0 Å². The molecule has 0 aliphatic rings. The number of fused-ring (bicyclic) bond motifs is 4. The second kappa shape index (κ2) is 14.9. The van der Waals surface area contributed by atoms with E-state index in [0.29, 0.717) is 0 Å². The number of aromatic nitrogens is 4. The van der Waals surface area contributed by atoms with E-state index >= 15 is 0 Å². The maximum absolute atomic E-state index is 4.52. The third-order valence-electron chi connectivity index (χ3n) is 11.3. The van der Waals surface area contributed by atoms with Crippen LogP contribution >= 0.6 is 0 Å². The van der Waals surface area contributed by atoms with E-state index in [-0.39, 0.29) is 0 Å². The third kappa shape index (κ3) is 6.24. The van der Waals surface area contributed by atoms with Crippen LogP contribution in [0, 0.1) is 0 Å². The molecule has 11 rings (SSSR count). The zero-order valence-electron chi connectivity index (χ0n) is 32.5. The Morgan fingerprint density at radius 2 is 0.633 bits per heavy atom. The summed E-state index contributed by atoms with van der Waals surface area (Å²) in [6, 6.07) is 60.8. The summed E-state index contributed by atoms with van der Waals surface area (Å²) in [6.07, 6.45) is 14.8. The Bertz CT molecular complexity index is 3020. The first-order chi connectivity index (χ1) is 29.8. The van der Waals surface area contributed by atoms with Crippen LogP contribution < -0.4 is 9.80 Å². The molecule has 0 bridgehead atoms. The van der Waals surface area contributed by atoms with Crippen LogP contribution in [0.2, 0.25) is 0 Å². The molecule has 60 heavy (non-hydrogen) atoms. The Kier molecular flexibility index (Phi) is 8.71. The minimum atomic E-state index is 0.947. The number of hydrogen-bond acceptors (Lipinski definition) is 6. The van der Waals surface area contributed by atoms with Gasteiger partial charge in [0.25, 0.3) is 0 Å². The number of anilines is 6. The van der Waals surface area contributed by atoms with Crippen LogP contribution in [0.1, 0.15) is 0 Å². The molecule has 0 aliphatic carbocycles. The van der Waals surface area contributed by atoms with Gasteiger partial charge in [0.2, 0.25) is 0 Å². The Labute approximate surface area is 347 Å². The van der Waals surface area contributed by atoms with Gasteiger partial charge in [0.05, 0.1) is 47.5 Å².